The van der Waals surface area contributed by atoms with E-state index in [2.05, 4.69) is 10.6 Å². The normalized spacial score (nSPS) is 11.8. The summed E-state index contributed by atoms with van der Waals surface area (Å²) < 4.78 is 0. The molecule has 5 nitrogen and oxygen atoms in total. The molecule has 0 saturated carbocycles. The summed E-state index contributed by atoms with van der Waals surface area (Å²) in [5, 5.41) is 14.0. The zero-order valence-corrected chi connectivity index (χ0v) is 12.0. The maximum atomic E-state index is 12.0. The average Bonchev–Trinajstić information content (AvgIpc) is 2.43. The van der Waals surface area contributed by atoms with Crippen molar-refractivity contribution in [3.63, 3.8) is 0 Å². The van der Waals surface area contributed by atoms with Crippen LogP contribution in [0.3, 0.4) is 0 Å². The van der Waals surface area contributed by atoms with Gasteiger partial charge in [0.1, 0.15) is 6.04 Å². The molecule has 1 rings (SSSR count). The highest BCUT2D eigenvalue weighted by Crippen LogP contribution is 2.04. The summed E-state index contributed by atoms with van der Waals surface area (Å²) in [6.07, 6.45) is 1.38. The smallest absolute Gasteiger partial charge is 0.251 e. The molecule has 5 heteroatoms. The molecule has 0 radical (unpaired) electrons. The van der Waals surface area contributed by atoms with Gasteiger partial charge in [0, 0.05) is 18.7 Å². The summed E-state index contributed by atoms with van der Waals surface area (Å²) >= 11 is 0. The summed E-state index contributed by atoms with van der Waals surface area (Å²) in [4.78, 5) is 23.7. The van der Waals surface area contributed by atoms with Crippen molar-refractivity contribution >= 4 is 11.8 Å². The van der Waals surface area contributed by atoms with Crippen LogP contribution in [0.4, 0.5) is 0 Å². The number of amides is 2. The van der Waals surface area contributed by atoms with E-state index in [4.69, 9.17) is 5.11 Å². The second-order valence-electron chi connectivity index (χ2n) is 4.79. The number of aryl methyl sites for hydroxylation is 1. The molecule has 0 aromatic heterocycles. The van der Waals surface area contributed by atoms with Crippen LogP contribution in [0.2, 0.25) is 0 Å². The molecule has 110 valence electrons. The number of hydrogen-bond acceptors (Lipinski definition) is 3. The van der Waals surface area contributed by atoms with Crippen molar-refractivity contribution in [1.82, 2.24) is 10.6 Å². The first-order valence-electron chi connectivity index (χ1n) is 6.80. The van der Waals surface area contributed by atoms with Crippen molar-refractivity contribution in [1.29, 1.82) is 0 Å². The van der Waals surface area contributed by atoms with E-state index in [9.17, 15) is 9.59 Å². The van der Waals surface area contributed by atoms with E-state index in [1.165, 1.54) is 0 Å². The third-order valence-electron chi connectivity index (χ3n) is 2.91. The molecule has 1 aromatic rings. The third-order valence-corrected chi connectivity index (χ3v) is 2.91. The summed E-state index contributed by atoms with van der Waals surface area (Å²) in [5.41, 5.74) is 1.55. The Labute approximate surface area is 119 Å². The first-order chi connectivity index (χ1) is 9.54. The Morgan fingerprint density at radius 2 is 2.05 bits per heavy atom. The van der Waals surface area contributed by atoms with E-state index in [0.717, 1.165) is 12.0 Å². The number of unbranched alkanes of at least 4 members (excludes halogenated alkanes) is 1. The van der Waals surface area contributed by atoms with Crippen molar-refractivity contribution in [2.24, 2.45) is 0 Å². The van der Waals surface area contributed by atoms with Gasteiger partial charge in [-0.25, -0.2) is 0 Å². The van der Waals surface area contributed by atoms with Crippen LogP contribution >= 0.6 is 0 Å². The lowest BCUT2D eigenvalue weighted by atomic mass is 10.1. The van der Waals surface area contributed by atoms with Gasteiger partial charge in [-0.2, -0.15) is 0 Å². The van der Waals surface area contributed by atoms with Crippen molar-refractivity contribution in [2.75, 3.05) is 13.2 Å². The zero-order valence-electron chi connectivity index (χ0n) is 12.0. The summed E-state index contributed by atoms with van der Waals surface area (Å²) in [7, 11) is 0. The number of carbonyl (C=O) groups is 2. The molecule has 0 aliphatic carbocycles. The topological polar surface area (TPSA) is 78.4 Å². The maximum Gasteiger partial charge on any atom is 0.251 e. The molecule has 2 amide bonds. The highest BCUT2D eigenvalue weighted by molar-refractivity contribution is 5.97. The third kappa shape index (κ3) is 5.40. The van der Waals surface area contributed by atoms with Crippen LogP contribution in [-0.2, 0) is 4.79 Å². The Kier molecular flexibility index (Phi) is 6.73. The lowest BCUT2D eigenvalue weighted by Crippen LogP contribution is -2.45. The fourth-order valence-electron chi connectivity index (χ4n) is 1.73. The largest absolute Gasteiger partial charge is 0.396 e. The highest BCUT2D eigenvalue weighted by atomic mass is 16.3. The minimum absolute atomic E-state index is 0.121. The molecule has 0 fully saturated rings. The second kappa shape index (κ2) is 8.32. The van der Waals surface area contributed by atoms with Gasteiger partial charge < -0.3 is 15.7 Å². The van der Waals surface area contributed by atoms with Crippen molar-refractivity contribution in [3.05, 3.63) is 35.4 Å². The number of aliphatic hydroxyl groups excluding tert-OH is 1. The summed E-state index contributed by atoms with van der Waals surface area (Å²) in [6, 6.07) is 6.63. The number of rotatable bonds is 7. The molecular weight excluding hydrogens is 256 g/mol. The molecule has 1 aromatic carbocycles. The van der Waals surface area contributed by atoms with Crippen LogP contribution in [0.1, 0.15) is 35.7 Å². The van der Waals surface area contributed by atoms with Gasteiger partial charge >= 0.3 is 0 Å². The number of benzene rings is 1. The van der Waals surface area contributed by atoms with Crippen molar-refractivity contribution < 1.29 is 14.7 Å². The van der Waals surface area contributed by atoms with E-state index in [1.807, 2.05) is 19.1 Å². The van der Waals surface area contributed by atoms with E-state index in [0.29, 0.717) is 18.5 Å². The molecule has 0 heterocycles. The molecular formula is C15H22N2O3. The van der Waals surface area contributed by atoms with Crippen LogP contribution in [0.15, 0.2) is 24.3 Å². The number of nitrogens with one attached hydrogen (secondary N) is 2. The van der Waals surface area contributed by atoms with E-state index in [-0.39, 0.29) is 18.4 Å². The fourth-order valence-corrected chi connectivity index (χ4v) is 1.73. The van der Waals surface area contributed by atoms with Gasteiger partial charge in [-0.1, -0.05) is 17.7 Å². The van der Waals surface area contributed by atoms with Gasteiger partial charge in [0.2, 0.25) is 5.91 Å². The Balaban J connectivity index is 2.43. The molecule has 0 unspecified atom stereocenters. The molecule has 3 N–H and O–H groups in total. The van der Waals surface area contributed by atoms with Gasteiger partial charge in [0.15, 0.2) is 0 Å². The molecule has 1 atom stereocenters. The summed E-state index contributed by atoms with van der Waals surface area (Å²) in [6.45, 7) is 4.18. The lowest BCUT2D eigenvalue weighted by molar-refractivity contribution is -0.122. The van der Waals surface area contributed by atoms with Gasteiger partial charge in [-0.15, -0.1) is 0 Å². The summed E-state index contributed by atoms with van der Waals surface area (Å²) in [5.74, 6) is -0.476. The first kappa shape index (κ1) is 16.2. The minimum atomic E-state index is -0.586. The predicted octanol–water partition coefficient (Wildman–Crippen LogP) is 1.00. The fraction of sp³-hybridized carbons (Fsp3) is 0.467. The van der Waals surface area contributed by atoms with Crippen molar-refractivity contribution in [2.45, 2.75) is 32.7 Å². The number of carbonyl (C=O) groups excluding carboxylic acids is 2. The lowest BCUT2D eigenvalue weighted by Gasteiger charge is -2.14. The second-order valence-corrected chi connectivity index (χ2v) is 4.79. The SMILES string of the molecule is Cc1cccc(C(=O)N[C@@H](C)C(=O)NCCCCO)c1. The Morgan fingerprint density at radius 3 is 2.70 bits per heavy atom. The van der Waals surface area contributed by atoms with Gasteiger partial charge in [-0.05, 0) is 38.8 Å². The van der Waals surface area contributed by atoms with E-state index < -0.39 is 6.04 Å². The quantitative estimate of drug-likeness (QED) is 0.651. The first-order valence-corrected chi connectivity index (χ1v) is 6.80. The van der Waals surface area contributed by atoms with Crippen LogP contribution in [0.5, 0.6) is 0 Å². The highest BCUT2D eigenvalue weighted by Gasteiger charge is 2.15. The van der Waals surface area contributed by atoms with Crippen LogP contribution in [-0.4, -0.2) is 36.1 Å². The molecule has 0 saturated heterocycles. The molecule has 0 aliphatic heterocycles. The van der Waals surface area contributed by atoms with Crippen LogP contribution in [0.25, 0.3) is 0 Å². The standard InChI is InChI=1S/C15H22N2O3/c1-11-6-5-7-13(10-11)15(20)17-12(2)14(19)16-8-3-4-9-18/h5-7,10,12,18H,3-4,8-9H2,1-2H3,(H,16,19)(H,17,20)/t12-/m0/s1. The zero-order chi connectivity index (χ0) is 15.0. The molecule has 0 bridgehead atoms. The maximum absolute atomic E-state index is 12.0. The van der Waals surface area contributed by atoms with Crippen LogP contribution < -0.4 is 10.6 Å². The Morgan fingerprint density at radius 1 is 1.30 bits per heavy atom. The minimum Gasteiger partial charge on any atom is -0.396 e. The number of hydrogen-bond donors (Lipinski definition) is 3. The predicted molar refractivity (Wildman–Crippen MR) is 77.4 cm³/mol. The van der Waals surface area contributed by atoms with Crippen molar-refractivity contribution in [3.8, 4) is 0 Å². The van der Waals surface area contributed by atoms with Gasteiger partial charge in [0.25, 0.3) is 5.91 Å². The van der Waals surface area contributed by atoms with Gasteiger partial charge in [-0.3, -0.25) is 9.59 Å². The Bertz CT molecular complexity index is 460. The Hall–Kier alpha value is -1.88. The van der Waals surface area contributed by atoms with E-state index >= 15 is 0 Å². The average molecular weight is 278 g/mol. The van der Waals surface area contributed by atoms with Crippen LogP contribution in [0, 0.1) is 6.92 Å². The molecule has 0 spiro atoms. The van der Waals surface area contributed by atoms with Gasteiger partial charge in [0.05, 0.1) is 0 Å². The molecule has 0 aliphatic rings. The molecule has 20 heavy (non-hydrogen) atoms. The monoisotopic (exact) mass is 278 g/mol. The van der Waals surface area contributed by atoms with E-state index in [1.54, 1.807) is 19.1 Å². The number of aliphatic hydroxyl groups is 1.